The molecule has 1 aliphatic heterocycles. The number of ether oxygens (including phenoxy) is 1. The number of anilines is 1. The maximum atomic E-state index is 13.1. The molecule has 1 saturated carbocycles. The quantitative estimate of drug-likeness (QED) is 0.913. The van der Waals surface area contributed by atoms with Crippen LogP contribution < -0.4 is 5.32 Å². The predicted octanol–water partition coefficient (Wildman–Crippen LogP) is 2.57. The number of aromatic nitrogens is 3. The Morgan fingerprint density at radius 1 is 1.29 bits per heavy atom. The number of amides is 1. The molecule has 0 aromatic carbocycles. The molecule has 1 aliphatic carbocycles. The van der Waals surface area contributed by atoms with E-state index in [1.54, 1.807) is 0 Å². The molecule has 1 saturated heterocycles. The van der Waals surface area contributed by atoms with Crippen LogP contribution in [-0.4, -0.2) is 33.6 Å². The van der Waals surface area contributed by atoms with E-state index in [2.05, 4.69) is 26.8 Å². The molecule has 7 nitrogen and oxygen atoms in total. The summed E-state index contributed by atoms with van der Waals surface area (Å²) in [6, 6.07) is 1.83. The molecule has 1 N–H and O–H groups in total. The van der Waals surface area contributed by atoms with Crippen molar-refractivity contribution >= 4 is 22.6 Å². The number of carbonyl (C=O) groups is 1. The van der Waals surface area contributed by atoms with Crippen molar-refractivity contribution in [1.82, 2.24) is 14.5 Å². The lowest BCUT2D eigenvalue weighted by Gasteiger charge is -2.32. The van der Waals surface area contributed by atoms with Crippen molar-refractivity contribution in [3.63, 3.8) is 0 Å². The summed E-state index contributed by atoms with van der Waals surface area (Å²) >= 11 is 1.24. The van der Waals surface area contributed by atoms with Crippen molar-refractivity contribution in [2.24, 2.45) is 0 Å². The summed E-state index contributed by atoms with van der Waals surface area (Å²) < 4.78 is 15.3. The van der Waals surface area contributed by atoms with Crippen molar-refractivity contribution in [2.45, 2.75) is 50.4 Å². The highest BCUT2D eigenvalue weighted by Gasteiger charge is 2.46. The molecule has 1 amide bonds. The van der Waals surface area contributed by atoms with Crippen LogP contribution >= 0.6 is 11.5 Å². The van der Waals surface area contributed by atoms with E-state index < -0.39 is 5.41 Å². The van der Waals surface area contributed by atoms with E-state index in [9.17, 15) is 4.79 Å². The molecular formula is C16H20N4O3S. The summed E-state index contributed by atoms with van der Waals surface area (Å²) in [5.74, 6) is 1.31. The van der Waals surface area contributed by atoms with Gasteiger partial charge in [-0.25, -0.2) is 4.98 Å². The molecule has 0 spiro atoms. The number of nitrogens with one attached hydrogen (secondary N) is 1. The summed E-state index contributed by atoms with van der Waals surface area (Å²) in [6.45, 7) is 5.04. The van der Waals surface area contributed by atoms with Crippen molar-refractivity contribution < 1.29 is 14.1 Å². The number of hydrogen-bond donors (Lipinski definition) is 1. The third-order valence-electron chi connectivity index (χ3n) is 5.07. The van der Waals surface area contributed by atoms with Gasteiger partial charge in [0.1, 0.15) is 5.41 Å². The molecule has 24 heavy (non-hydrogen) atoms. The van der Waals surface area contributed by atoms with Crippen LogP contribution in [0.1, 0.15) is 49.9 Å². The summed E-state index contributed by atoms with van der Waals surface area (Å²) in [4.78, 5) is 17.6. The van der Waals surface area contributed by atoms with Gasteiger partial charge in [0.05, 0.1) is 5.69 Å². The minimum atomic E-state index is -0.755. The van der Waals surface area contributed by atoms with Crippen LogP contribution in [0.15, 0.2) is 10.6 Å². The predicted molar refractivity (Wildman–Crippen MR) is 88.1 cm³/mol. The zero-order valence-corrected chi connectivity index (χ0v) is 14.6. The van der Waals surface area contributed by atoms with Gasteiger partial charge in [-0.15, -0.1) is 0 Å². The largest absolute Gasteiger partial charge is 0.381 e. The fraction of sp³-hybridized carbons (Fsp3) is 0.625. The Hall–Kier alpha value is -1.80. The standard InChI is InChI=1S/C16H20N4O3S/c1-10-9-11(23-19-10)16(5-7-22-8-6-16)13(21)18-14-17-12(20-24-14)15(2)3-4-15/h9H,3-8H2,1-2H3,(H,17,18,20,21). The van der Waals surface area contributed by atoms with Crippen LogP contribution in [0.4, 0.5) is 5.13 Å². The SMILES string of the molecule is Cc1cc(C2(C(=O)Nc3nc(C4(C)CC4)ns3)CCOCC2)on1. The zero-order valence-electron chi connectivity index (χ0n) is 13.8. The van der Waals surface area contributed by atoms with E-state index in [1.165, 1.54) is 11.5 Å². The first kappa shape index (κ1) is 15.7. The molecule has 2 aromatic rings. The third kappa shape index (κ3) is 2.63. The molecule has 0 bridgehead atoms. The normalized spacial score (nSPS) is 21.4. The second-order valence-corrected chi connectivity index (χ2v) is 7.72. The Kier molecular flexibility index (Phi) is 3.69. The van der Waals surface area contributed by atoms with Gasteiger partial charge >= 0.3 is 0 Å². The van der Waals surface area contributed by atoms with E-state index >= 15 is 0 Å². The van der Waals surface area contributed by atoms with Crippen molar-refractivity contribution in [2.75, 3.05) is 18.5 Å². The Labute approximate surface area is 144 Å². The molecular weight excluding hydrogens is 328 g/mol. The molecule has 8 heteroatoms. The van der Waals surface area contributed by atoms with Gasteiger partial charge in [0, 0.05) is 36.2 Å². The molecule has 0 unspecified atom stereocenters. The molecule has 3 heterocycles. The van der Waals surface area contributed by atoms with Gasteiger partial charge in [0.25, 0.3) is 0 Å². The van der Waals surface area contributed by atoms with Gasteiger partial charge in [-0.05, 0) is 32.6 Å². The van der Waals surface area contributed by atoms with E-state index in [0.717, 1.165) is 24.4 Å². The third-order valence-corrected chi connectivity index (χ3v) is 5.70. The van der Waals surface area contributed by atoms with Gasteiger partial charge in [-0.2, -0.15) is 4.37 Å². The highest BCUT2D eigenvalue weighted by Crippen LogP contribution is 2.47. The number of hydrogen-bond acceptors (Lipinski definition) is 7. The van der Waals surface area contributed by atoms with Crippen LogP contribution in [-0.2, 0) is 20.4 Å². The van der Waals surface area contributed by atoms with Crippen molar-refractivity contribution in [3.8, 4) is 0 Å². The van der Waals surface area contributed by atoms with Gasteiger partial charge in [0.15, 0.2) is 11.6 Å². The Bertz CT molecular complexity index is 759. The highest BCUT2D eigenvalue weighted by atomic mass is 32.1. The van der Waals surface area contributed by atoms with Gasteiger partial charge in [0.2, 0.25) is 11.0 Å². The molecule has 0 radical (unpaired) electrons. The van der Waals surface area contributed by atoms with Crippen molar-refractivity contribution in [3.05, 3.63) is 23.3 Å². The van der Waals surface area contributed by atoms with Crippen LogP contribution in [0.25, 0.3) is 0 Å². The average molecular weight is 348 g/mol. The topological polar surface area (TPSA) is 90.1 Å². The fourth-order valence-electron chi connectivity index (χ4n) is 3.04. The van der Waals surface area contributed by atoms with Crippen LogP contribution in [0.3, 0.4) is 0 Å². The van der Waals surface area contributed by atoms with Crippen LogP contribution in [0.5, 0.6) is 0 Å². The van der Waals surface area contributed by atoms with E-state index in [-0.39, 0.29) is 11.3 Å². The van der Waals surface area contributed by atoms with Crippen LogP contribution in [0.2, 0.25) is 0 Å². The lowest BCUT2D eigenvalue weighted by molar-refractivity contribution is -0.126. The maximum Gasteiger partial charge on any atom is 0.240 e. The van der Waals surface area contributed by atoms with E-state index in [4.69, 9.17) is 9.26 Å². The number of aryl methyl sites for hydroxylation is 1. The number of nitrogens with zero attached hydrogens (tertiary/aromatic N) is 3. The molecule has 2 aliphatic rings. The first-order valence-corrected chi connectivity index (χ1v) is 8.96. The lowest BCUT2D eigenvalue weighted by atomic mass is 9.77. The minimum absolute atomic E-state index is 0.0951. The Balaban J connectivity index is 1.58. The molecule has 128 valence electrons. The van der Waals surface area contributed by atoms with Crippen LogP contribution in [0, 0.1) is 6.92 Å². The first-order chi connectivity index (χ1) is 11.5. The minimum Gasteiger partial charge on any atom is -0.381 e. The smallest absolute Gasteiger partial charge is 0.240 e. The lowest BCUT2D eigenvalue weighted by Crippen LogP contribution is -2.44. The molecule has 2 aromatic heterocycles. The second-order valence-electron chi connectivity index (χ2n) is 6.96. The summed E-state index contributed by atoms with van der Waals surface area (Å²) in [7, 11) is 0. The Morgan fingerprint density at radius 3 is 2.67 bits per heavy atom. The maximum absolute atomic E-state index is 13.1. The second kappa shape index (κ2) is 5.63. The molecule has 4 rings (SSSR count). The zero-order chi connectivity index (χ0) is 16.8. The summed E-state index contributed by atoms with van der Waals surface area (Å²) in [5, 5.41) is 7.44. The van der Waals surface area contributed by atoms with Crippen molar-refractivity contribution in [1.29, 1.82) is 0 Å². The van der Waals surface area contributed by atoms with Gasteiger partial charge in [-0.1, -0.05) is 12.1 Å². The fourth-order valence-corrected chi connectivity index (χ4v) is 3.74. The monoisotopic (exact) mass is 348 g/mol. The molecule has 2 fully saturated rings. The van der Waals surface area contributed by atoms with E-state index in [1.807, 2.05) is 13.0 Å². The van der Waals surface area contributed by atoms with Gasteiger partial charge in [-0.3, -0.25) is 10.1 Å². The van der Waals surface area contributed by atoms with Gasteiger partial charge < -0.3 is 9.26 Å². The number of rotatable bonds is 4. The van der Waals surface area contributed by atoms with E-state index in [0.29, 0.717) is 36.9 Å². The first-order valence-electron chi connectivity index (χ1n) is 8.19. The Morgan fingerprint density at radius 2 is 2.04 bits per heavy atom. The number of carbonyl (C=O) groups excluding carboxylic acids is 1. The average Bonchev–Trinajstić information content (AvgIpc) is 2.99. The summed E-state index contributed by atoms with van der Waals surface area (Å²) in [6.07, 6.45) is 3.35. The highest BCUT2D eigenvalue weighted by molar-refractivity contribution is 7.09. The molecule has 0 atom stereocenters. The summed E-state index contributed by atoms with van der Waals surface area (Å²) in [5.41, 5.74) is 0.107.